The number of carbonyl (C=O) groups excluding carboxylic acids is 2. The van der Waals surface area contributed by atoms with Crippen molar-refractivity contribution in [3.63, 3.8) is 0 Å². The van der Waals surface area contributed by atoms with Gasteiger partial charge >= 0.3 is 6.09 Å². The Labute approximate surface area is 101 Å². The van der Waals surface area contributed by atoms with Crippen molar-refractivity contribution in [2.45, 2.75) is 33.3 Å². The monoisotopic (exact) mass is 241 g/mol. The Morgan fingerprint density at radius 3 is 2.65 bits per heavy atom. The van der Waals surface area contributed by atoms with Gasteiger partial charge in [0, 0.05) is 18.0 Å². The van der Waals surface area contributed by atoms with Gasteiger partial charge in [0.15, 0.2) is 0 Å². The van der Waals surface area contributed by atoms with Gasteiger partial charge in [-0.2, -0.15) is 0 Å². The van der Waals surface area contributed by atoms with Crippen LogP contribution in [0.5, 0.6) is 0 Å². The summed E-state index contributed by atoms with van der Waals surface area (Å²) in [5.74, 6) is -0.442. The minimum absolute atomic E-state index is 0.0674. The van der Waals surface area contributed by atoms with Crippen molar-refractivity contribution in [2.75, 3.05) is 13.2 Å². The van der Waals surface area contributed by atoms with Gasteiger partial charge in [-0.15, -0.1) is 0 Å². The third-order valence-corrected chi connectivity index (χ3v) is 2.40. The summed E-state index contributed by atoms with van der Waals surface area (Å²) < 4.78 is 5.14. The maximum atomic E-state index is 11.9. The molecular weight excluding hydrogens is 222 g/mol. The van der Waals surface area contributed by atoms with Gasteiger partial charge in [0.2, 0.25) is 0 Å². The second-order valence-electron chi connectivity index (χ2n) is 5.14. The molecule has 0 aromatic heterocycles. The molecule has 0 bridgehead atoms. The molecule has 0 saturated carbocycles. The third-order valence-electron chi connectivity index (χ3n) is 2.40. The highest BCUT2D eigenvalue weighted by Crippen LogP contribution is 2.25. The van der Waals surface area contributed by atoms with Crippen LogP contribution in [0.2, 0.25) is 0 Å². The molecule has 2 amide bonds. The Kier molecular flexibility index (Phi) is 3.93. The molecule has 1 rings (SSSR count). The molecule has 0 radical (unpaired) electrons. The van der Waals surface area contributed by atoms with E-state index in [2.05, 4.69) is 0 Å². The number of carbonyl (C=O) groups is 2. The summed E-state index contributed by atoms with van der Waals surface area (Å²) in [6, 6.07) is 0. The van der Waals surface area contributed by atoms with Crippen LogP contribution in [-0.4, -0.2) is 40.8 Å². The quantitative estimate of drug-likeness (QED) is 0.703. The topological polar surface area (TPSA) is 66.8 Å². The first-order valence-corrected chi connectivity index (χ1v) is 5.62. The molecule has 96 valence electrons. The molecule has 1 fully saturated rings. The highest BCUT2D eigenvalue weighted by Gasteiger charge is 2.38. The molecule has 0 spiro atoms. The first-order chi connectivity index (χ1) is 7.76. The maximum Gasteiger partial charge on any atom is 0.417 e. The van der Waals surface area contributed by atoms with E-state index >= 15 is 0 Å². The van der Waals surface area contributed by atoms with E-state index in [-0.39, 0.29) is 18.4 Å². The Hall–Kier alpha value is -1.36. The Bertz CT molecular complexity index is 354. The molecule has 1 aliphatic rings. The zero-order valence-electron chi connectivity index (χ0n) is 10.7. The molecule has 17 heavy (non-hydrogen) atoms. The van der Waals surface area contributed by atoms with Gasteiger partial charge in [-0.05, 0) is 20.8 Å². The fourth-order valence-electron chi connectivity index (χ4n) is 1.68. The van der Waals surface area contributed by atoms with Crippen molar-refractivity contribution in [2.24, 2.45) is 5.92 Å². The van der Waals surface area contributed by atoms with Crippen LogP contribution in [0.4, 0.5) is 4.79 Å². The lowest BCUT2D eigenvalue weighted by atomic mass is 10.1. The summed E-state index contributed by atoms with van der Waals surface area (Å²) in [5.41, 5.74) is -0.150. The van der Waals surface area contributed by atoms with E-state index < -0.39 is 11.7 Å². The lowest BCUT2D eigenvalue weighted by Crippen LogP contribution is -2.37. The van der Waals surface area contributed by atoms with Gasteiger partial charge in [0.05, 0.1) is 6.61 Å². The zero-order chi connectivity index (χ0) is 13.2. The van der Waals surface area contributed by atoms with Gasteiger partial charge in [0.1, 0.15) is 5.60 Å². The van der Waals surface area contributed by atoms with E-state index in [0.29, 0.717) is 12.1 Å². The second kappa shape index (κ2) is 4.87. The van der Waals surface area contributed by atoms with Crippen LogP contribution in [0.3, 0.4) is 0 Å². The third kappa shape index (κ3) is 3.30. The molecular formula is C12H19NO4. The van der Waals surface area contributed by atoms with Crippen LogP contribution >= 0.6 is 0 Å². The van der Waals surface area contributed by atoms with Crippen molar-refractivity contribution < 1.29 is 19.4 Å². The predicted octanol–water partition coefficient (Wildman–Crippen LogP) is 1.32. The highest BCUT2D eigenvalue weighted by atomic mass is 16.6. The fraction of sp³-hybridized carbons (Fsp3) is 0.667. The number of rotatable bonds is 1. The number of ether oxygens (including phenoxy) is 1. The number of imide groups is 1. The largest absolute Gasteiger partial charge is 0.443 e. The molecule has 1 aliphatic heterocycles. The van der Waals surface area contributed by atoms with Crippen LogP contribution in [0.25, 0.3) is 0 Å². The Morgan fingerprint density at radius 2 is 2.18 bits per heavy atom. The van der Waals surface area contributed by atoms with Gasteiger partial charge < -0.3 is 9.84 Å². The summed E-state index contributed by atoms with van der Waals surface area (Å²) in [7, 11) is 0. The Balaban J connectivity index is 2.79. The first kappa shape index (κ1) is 13.7. The zero-order valence-corrected chi connectivity index (χ0v) is 10.7. The smallest absolute Gasteiger partial charge is 0.417 e. The van der Waals surface area contributed by atoms with Crippen molar-refractivity contribution in [3.8, 4) is 0 Å². The number of amides is 2. The van der Waals surface area contributed by atoms with Crippen LogP contribution < -0.4 is 0 Å². The summed E-state index contributed by atoms with van der Waals surface area (Å²) in [4.78, 5) is 24.7. The van der Waals surface area contributed by atoms with Crippen LogP contribution in [0.1, 0.15) is 27.7 Å². The van der Waals surface area contributed by atoms with Crippen molar-refractivity contribution in [1.29, 1.82) is 0 Å². The number of likely N-dealkylation sites (tertiary alicyclic amines) is 1. The lowest BCUT2D eigenvalue weighted by Gasteiger charge is -2.23. The average Bonchev–Trinajstić information content (AvgIpc) is 2.43. The number of hydrogen-bond donors (Lipinski definition) is 1. The molecule has 1 heterocycles. The SMILES string of the molecule is CC1CN(C(=O)OC(C)(C)C)C(=O)/C1=C/CO. The van der Waals surface area contributed by atoms with Crippen molar-refractivity contribution in [1.82, 2.24) is 4.90 Å². The van der Waals surface area contributed by atoms with Gasteiger partial charge in [0.25, 0.3) is 5.91 Å². The predicted molar refractivity (Wildman–Crippen MR) is 62.3 cm³/mol. The second-order valence-corrected chi connectivity index (χ2v) is 5.14. The lowest BCUT2D eigenvalue weighted by molar-refractivity contribution is -0.124. The average molecular weight is 241 g/mol. The fourth-order valence-corrected chi connectivity index (χ4v) is 1.68. The van der Waals surface area contributed by atoms with Crippen LogP contribution in [0, 0.1) is 5.92 Å². The summed E-state index contributed by atoms with van der Waals surface area (Å²) in [6.07, 6.45) is 0.813. The molecule has 5 heteroatoms. The van der Waals surface area contributed by atoms with Crippen LogP contribution in [-0.2, 0) is 9.53 Å². The molecule has 0 aliphatic carbocycles. The molecule has 0 aromatic carbocycles. The van der Waals surface area contributed by atoms with E-state index in [1.807, 2.05) is 6.92 Å². The molecule has 1 saturated heterocycles. The number of nitrogens with zero attached hydrogens (tertiary/aromatic N) is 1. The number of hydrogen-bond acceptors (Lipinski definition) is 4. The summed E-state index contributed by atoms with van der Waals surface area (Å²) in [6.45, 7) is 7.19. The maximum absolute atomic E-state index is 11.9. The van der Waals surface area contributed by atoms with Gasteiger partial charge in [-0.25, -0.2) is 9.69 Å². The van der Waals surface area contributed by atoms with E-state index in [4.69, 9.17) is 9.84 Å². The van der Waals surface area contributed by atoms with Crippen LogP contribution in [0.15, 0.2) is 11.6 Å². The van der Waals surface area contributed by atoms with E-state index in [0.717, 1.165) is 4.90 Å². The Morgan fingerprint density at radius 1 is 1.59 bits per heavy atom. The highest BCUT2D eigenvalue weighted by molar-refractivity contribution is 6.05. The molecule has 5 nitrogen and oxygen atoms in total. The summed E-state index contributed by atoms with van der Waals surface area (Å²) >= 11 is 0. The summed E-state index contributed by atoms with van der Waals surface area (Å²) in [5, 5.41) is 8.81. The van der Waals surface area contributed by atoms with Crippen molar-refractivity contribution >= 4 is 12.0 Å². The molecule has 1 N–H and O–H groups in total. The molecule has 1 unspecified atom stereocenters. The van der Waals surface area contributed by atoms with Gasteiger partial charge in [-0.1, -0.05) is 13.0 Å². The van der Waals surface area contributed by atoms with Crippen molar-refractivity contribution in [3.05, 3.63) is 11.6 Å². The normalized spacial score (nSPS) is 23.4. The first-order valence-electron chi connectivity index (χ1n) is 5.62. The standard InChI is InChI=1S/C12H19NO4/c1-8-7-13(10(15)9(8)5-6-14)11(16)17-12(2,3)4/h5,8,14H,6-7H2,1-4H3/b9-5+. The molecule has 0 aromatic rings. The number of aliphatic hydroxyl groups excluding tert-OH is 1. The van der Waals surface area contributed by atoms with E-state index in [1.54, 1.807) is 20.8 Å². The van der Waals surface area contributed by atoms with E-state index in [1.165, 1.54) is 6.08 Å². The number of aliphatic hydroxyl groups is 1. The molecule has 1 atom stereocenters. The van der Waals surface area contributed by atoms with Gasteiger partial charge in [-0.3, -0.25) is 4.79 Å². The van der Waals surface area contributed by atoms with E-state index in [9.17, 15) is 9.59 Å². The minimum atomic E-state index is -0.629. The minimum Gasteiger partial charge on any atom is -0.443 e.